The van der Waals surface area contributed by atoms with Gasteiger partial charge in [-0.2, -0.15) is 0 Å². The van der Waals surface area contributed by atoms with Gasteiger partial charge in [-0.05, 0) is 38.7 Å². The van der Waals surface area contributed by atoms with E-state index in [1.165, 1.54) is 0 Å². The van der Waals surface area contributed by atoms with Crippen LogP contribution in [0.4, 0.5) is 0 Å². The summed E-state index contributed by atoms with van der Waals surface area (Å²) in [5, 5.41) is 6.80. The summed E-state index contributed by atoms with van der Waals surface area (Å²) in [4.78, 5) is 9.49. The van der Waals surface area contributed by atoms with Gasteiger partial charge in [0.25, 0.3) is 0 Å². The lowest BCUT2D eigenvalue weighted by Gasteiger charge is -2.37. The van der Waals surface area contributed by atoms with Crippen molar-refractivity contribution in [2.75, 3.05) is 53.9 Å². The Hall–Kier alpha value is -1.06. The van der Waals surface area contributed by atoms with E-state index in [1.54, 1.807) is 7.11 Å². The van der Waals surface area contributed by atoms with E-state index >= 15 is 0 Å². The van der Waals surface area contributed by atoms with Gasteiger partial charge in [-0.1, -0.05) is 12.1 Å². The first-order chi connectivity index (χ1) is 11.6. The predicted octanol–water partition coefficient (Wildman–Crippen LogP) is 1.61. The molecular weight excluding hydrogens is 429 g/mol. The number of piperazine rings is 1. The van der Waals surface area contributed by atoms with Crippen molar-refractivity contribution in [1.29, 1.82) is 0 Å². The van der Waals surface area contributed by atoms with Crippen LogP contribution in [-0.4, -0.2) is 75.7 Å². The molecule has 1 atom stereocenters. The predicted molar refractivity (Wildman–Crippen MR) is 115 cm³/mol. The third-order valence-electron chi connectivity index (χ3n) is 4.38. The number of methoxy groups -OCH3 is 1. The number of benzene rings is 1. The molecule has 0 aliphatic carbocycles. The van der Waals surface area contributed by atoms with Gasteiger partial charge in [0.15, 0.2) is 5.96 Å². The Labute approximate surface area is 169 Å². The average Bonchev–Trinajstić information content (AvgIpc) is 2.60. The second-order valence-corrected chi connectivity index (χ2v) is 6.32. The molecule has 7 heteroatoms. The number of ether oxygens (including phenoxy) is 1. The summed E-state index contributed by atoms with van der Waals surface area (Å²) in [5.41, 5.74) is 1.14. The van der Waals surface area contributed by atoms with Crippen molar-refractivity contribution in [3.63, 3.8) is 0 Å². The van der Waals surface area contributed by atoms with Crippen LogP contribution in [-0.2, 0) is 6.54 Å². The summed E-state index contributed by atoms with van der Waals surface area (Å²) in [6.07, 6.45) is 0. The number of likely N-dealkylation sites (N-methyl/N-ethyl adjacent to an activating group) is 2. The van der Waals surface area contributed by atoms with Gasteiger partial charge in [0.05, 0.1) is 13.7 Å². The molecule has 1 unspecified atom stereocenters. The molecule has 1 fully saturated rings. The maximum atomic E-state index is 5.27. The smallest absolute Gasteiger partial charge is 0.191 e. The van der Waals surface area contributed by atoms with Crippen molar-refractivity contribution >= 4 is 29.9 Å². The first-order valence-corrected chi connectivity index (χ1v) is 8.66. The number of guanidine groups is 1. The molecule has 0 saturated carbocycles. The first kappa shape index (κ1) is 22.0. The molecule has 0 radical (unpaired) electrons. The third kappa shape index (κ3) is 7.37. The minimum absolute atomic E-state index is 0. The zero-order valence-corrected chi connectivity index (χ0v) is 18.1. The molecule has 2 rings (SSSR count). The van der Waals surface area contributed by atoms with Gasteiger partial charge >= 0.3 is 0 Å². The molecule has 1 aliphatic rings. The SMILES string of the molecule is CCNC(=NCc1cccc(OC)c1)NCC1CN(C)CCN1C.I. The van der Waals surface area contributed by atoms with Crippen molar-refractivity contribution in [2.24, 2.45) is 4.99 Å². The van der Waals surface area contributed by atoms with Gasteiger partial charge in [0.2, 0.25) is 0 Å². The summed E-state index contributed by atoms with van der Waals surface area (Å²) >= 11 is 0. The molecule has 6 nitrogen and oxygen atoms in total. The second-order valence-electron chi connectivity index (χ2n) is 6.32. The minimum Gasteiger partial charge on any atom is -0.497 e. The Bertz CT molecular complexity index is 540. The highest BCUT2D eigenvalue weighted by Crippen LogP contribution is 2.13. The van der Waals surface area contributed by atoms with E-state index in [2.05, 4.69) is 47.5 Å². The molecule has 0 spiro atoms. The normalized spacial score (nSPS) is 19.2. The highest BCUT2D eigenvalue weighted by Gasteiger charge is 2.21. The van der Waals surface area contributed by atoms with E-state index in [0.29, 0.717) is 12.6 Å². The molecule has 2 N–H and O–H groups in total. The molecule has 142 valence electrons. The Morgan fingerprint density at radius 3 is 2.80 bits per heavy atom. The lowest BCUT2D eigenvalue weighted by Crippen LogP contribution is -2.55. The molecule has 1 heterocycles. The van der Waals surface area contributed by atoms with Gasteiger partial charge in [0, 0.05) is 38.8 Å². The zero-order valence-electron chi connectivity index (χ0n) is 15.8. The molecule has 0 amide bonds. The van der Waals surface area contributed by atoms with E-state index in [0.717, 1.165) is 50.0 Å². The van der Waals surface area contributed by atoms with Crippen LogP contribution in [0.15, 0.2) is 29.3 Å². The number of hydrogen-bond donors (Lipinski definition) is 2. The Kier molecular flexibility index (Phi) is 10.1. The summed E-state index contributed by atoms with van der Waals surface area (Å²) < 4.78 is 5.27. The Morgan fingerprint density at radius 2 is 2.08 bits per heavy atom. The summed E-state index contributed by atoms with van der Waals surface area (Å²) in [6.45, 7) is 7.79. The fourth-order valence-electron chi connectivity index (χ4n) is 2.82. The number of nitrogens with zero attached hydrogens (tertiary/aromatic N) is 3. The van der Waals surface area contributed by atoms with Crippen LogP contribution in [0.25, 0.3) is 0 Å². The van der Waals surface area contributed by atoms with Crippen LogP contribution < -0.4 is 15.4 Å². The van der Waals surface area contributed by atoms with E-state index in [9.17, 15) is 0 Å². The molecule has 1 aromatic carbocycles. The average molecular weight is 461 g/mol. The summed E-state index contributed by atoms with van der Waals surface area (Å²) in [7, 11) is 6.06. The third-order valence-corrected chi connectivity index (χ3v) is 4.38. The van der Waals surface area contributed by atoms with Crippen molar-refractivity contribution < 1.29 is 4.74 Å². The van der Waals surface area contributed by atoms with Gasteiger partial charge < -0.3 is 20.3 Å². The van der Waals surface area contributed by atoms with E-state index in [1.807, 2.05) is 18.2 Å². The van der Waals surface area contributed by atoms with E-state index in [-0.39, 0.29) is 24.0 Å². The largest absolute Gasteiger partial charge is 0.497 e. The molecule has 25 heavy (non-hydrogen) atoms. The van der Waals surface area contributed by atoms with Crippen LogP contribution in [0.3, 0.4) is 0 Å². The summed E-state index contributed by atoms with van der Waals surface area (Å²) in [5.74, 6) is 1.73. The van der Waals surface area contributed by atoms with Gasteiger partial charge in [0.1, 0.15) is 5.75 Å². The van der Waals surface area contributed by atoms with Crippen molar-refractivity contribution in [3.8, 4) is 5.75 Å². The zero-order chi connectivity index (χ0) is 17.4. The van der Waals surface area contributed by atoms with Gasteiger partial charge in [-0.25, -0.2) is 4.99 Å². The Balaban J connectivity index is 0.00000312. The number of hydrogen-bond acceptors (Lipinski definition) is 4. The lowest BCUT2D eigenvalue weighted by molar-refractivity contribution is 0.116. The lowest BCUT2D eigenvalue weighted by atomic mass is 10.2. The van der Waals surface area contributed by atoms with Crippen LogP contribution in [0.2, 0.25) is 0 Å². The number of rotatable bonds is 6. The molecule has 1 aliphatic heterocycles. The fourth-order valence-corrected chi connectivity index (χ4v) is 2.82. The topological polar surface area (TPSA) is 52.1 Å². The van der Waals surface area contributed by atoms with Crippen LogP contribution in [0.5, 0.6) is 5.75 Å². The highest BCUT2D eigenvalue weighted by atomic mass is 127. The van der Waals surface area contributed by atoms with Crippen molar-refractivity contribution in [1.82, 2.24) is 20.4 Å². The Morgan fingerprint density at radius 1 is 1.28 bits per heavy atom. The van der Waals surface area contributed by atoms with Crippen LogP contribution >= 0.6 is 24.0 Å². The molecule has 0 aromatic heterocycles. The molecular formula is C18H32IN5O. The number of halogens is 1. The molecule has 1 saturated heterocycles. The number of aliphatic imine (C=N–C) groups is 1. The van der Waals surface area contributed by atoms with Crippen molar-refractivity contribution in [2.45, 2.75) is 19.5 Å². The van der Waals surface area contributed by atoms with Gasteiger partial charge in [-0.15, -0.1) is 24.0 Å². The summed E-state index contributed by atoms with van der Waals surface area (Å²) in [6, 6.07) is 8.55. The fraction of sp³-hybridized carbons (Fsp3) is 0.611. The first-order valence-electron chi connectivity index (χ1n) is 8.66. The number of nitrogens with one attached hydrogen (secondary N) is 2. The minimum atomic E-state index is 0. The van der Waals surface area contributed by atoms with E-state index in [4.69, 9.17) is 9.73 Å². The second kappa shape index (κ2) is 11.5. The monoisotopic (exact) mass is 461 g/mol. The molecule has 1 aromatic rings. The van der Waals surface area contributed by atoms with Gasteiger partial charge in [-0.3, -0.25) is 4.90 Å². The van der Waals surface area contributed by atoms with Crippen LogP contribution in [0.1, 0.15) is 12.5 Å². The maximum Gasteiger partial charge on any atom is 0.191 e. The standard InChI is InChI=1S/C18H31N5O.HI/c1-5-19-18(20-12-15-7-6-8-17(11-15)24-4)21-13-16-14-22(2)9-10-23(16)3;/h6-8,11,16H,5,9-10,12-14H2,1-4H3,(H2,19,20,21);1H. The quantitative estimate of drug-likeness (QED) is 0.383. The highest BCUT2D eigenvalue weighted by molar-refractivity contribution is 14.0. The van der Waals surface area contributed by atoms with E-state index < -0.39 is 0 Å². The maximum absolute atomic E-state index is 5.27. The van der Waals surface area contributed by atoms with Crippen LogP contribution in [0, 0.1) is 0 Å². The van der Waals surface area contributed by atoms with Crippen molar-refractivity contribution in [3.05, 3.63) is 29.8 Å². The molecule has 0 bridgehead atoms.